The molecule has 2 rings (SSSR count). The first-order valence-electron chi connectivity index (χ1n) is 6.42. The topological polar surface area (TPSA) is 40.6 Å². The van der Waals surface area contributed by atoms with E-state index in [1.807, 2.05) is 0 Å². The molecule has 0 radical (unpaired) electrons. The second-order valence-electron chi connectivity index (χ2n) is 4.94. The van der Waals surface area contributed by atoms with Gasteiger partial charge in [-0.25, -0.2) is 4.39 Å². The van der Waals surface area contributed by atoms with Gasteiger partial charge in [0.25, 0.3) is 0 Å². The molecule has 1 aromatic carbocycles. The Morgan fingerprint density at radius 3 is 2.55 bits per heavy atom. The summed E-state index contributed by atoms with van der Waals surface area (Å²) >= 11 is 0. The van der Waals surface area contributed by atoms with Crippen LogP contribution in [-0.4, -0.2) is 30.3 Å². The van der Waals surface area contributed by atoms with Crippen molar-refractivity contribution in [2.24, 2.45) is 5.92 Å². The van der Waals surface area contributed by atoms with Crippen LogP contribution in [0.25, 0.3) is 0 Å². The van der Waals surface area contributed by atoms with E-state index in [1.54, 1.807) is 26.1 Å². The molecule has 106 valence electrons. The third-order valence-corrected chi connectivity index (χ3v) is 3.55. The predicted molar refractivity (Wildman–Crippen MR) is 74.4 cm³/mol. The van der Waals surface area contributed by atoms with E-state index in [9.17, 15) is 14.0 Å². The fourth-order valence-electron chi connectivity index (χ4n) is 2.21. The number of hydrogen-bond donors (Lipinski definition) is 0. The first kappa shape index (κ1) is 14.2. The van der Waals surface area contributed by atoms with Crippen molar-refractivity contribution in [3.05, 3.63) is 42.4 Å². The van der Waals surface area contributed by atoms with Crippen LogP contribution in [0.5, 0.6) is 0 Å². The Morgan fingerprint density at radius 1 is 1.40 bits per heavy atom. The van der Waals surface area contributed by atoms with Gasteiger partial charge in [0.15, 0.2) is 0 Å². The van der Waals surface area contributed by atoms with Gasteiger partial charge in [-0.15, -0.1) is 0 Å². The van der Waals surface area contributed by atoms with E-state index < -0.39 is 5.92 Å². The summed E-state index contributed by atoms with van der Waals surface area (Å²) in [5.41, 5.74) is 1.22. The van der Waals surface area contributed by atoms with Crippen LogP contribution < -0.4 is 4.90 Å². The molecule has 0 spiro atoms. The van der Waals surface area contributed by atoms with Crippen molar-refractivity contribution >= 4 is 17.5 Å². The molecular weight excluding hydrogens is 259 g/mol. The molecule has 1 aromatic rings. The summed E-state index contributed by atoms with van der Waals surface area (Å²) in [6.07, 6.45) is 0.465. The molecule has 1 aliphatic rings. The van der Waals surface area contributed by atoms with Crippen LogP contribution in [0.1, 0.15) is 13.3 Å². The van der Waals surface area contributed by atoms with E-state index in [2.05, 4.69) is 6.58 Å². The van der Waals surface area contributed by atoms with Crippen molar-refractivity contribution in [3.63, 3.8) is 0 Å². The van der Waals surface area contributed by atoms with Crippen LogP contribution in [0, 0.1) is 11.7 Å². The van der Waals surface area contributed by atoms with Gasteiger partial charge in [0, 0.05) is 25.0 Å². The largest absolute Gasteiger partial charge is 0.319 e. The number of allylic oxidation sites excluding steroid dienone is 1. The molecule has 0 saturated carbocycles. The first-order valence-corrected chi connectivity index (χ1v) is 6.42. The number of hydrogen-bond acceptors (Lipinski definition) is 2. The monoisotopic (exact) mass is 276 g/mol. The molecule has 0 aromatic heterocycles. The molecule has 1 atom stereocenters. The number of amides is 2. The fourth-order valence-corrected chi connectivity index (χ4v) is 2.21. The maximum atomic E-state index is 12.9. The molecule has 1 heterocycles. The van der Waals surface area contributed by atoms with Crippen LogP contribution in [-0.2, 0) is 9.59 Å². The SMILES string of the molecule is C=C(C)N(C)C(=O)C1CCN(c2ccc(F)cc2)C1=O. The third kappa shape index (κ3) is 2.57. The molecule has 0 aliphatic carbocycles. The average Bonchev–Trinajstić information content (AvgIpc) is 2.80. The summed E-state index contributed by atoms with van der Waals surface area (Å²) < 4.78 is 12.9. The van der Waals surface area contributed by atoms with Gasteiger partial charge < -0.3 is 9.80 Å². The zero-order valence-corrected chi connectivity index (χ0v) is 11.6. The number of anilines is 1. The normalized spacial score (nSPS) is 18.2. The summed E-state index contributed by atoms with van der Waals surface area (Å²) in [6.45, 7) is 5.88. The maximum absolute atomic E-state index is 12.9. The van der Waals surface area contributed by atoms with Crippen LogP contribution in [0.3, 0.4) is 0 Å². The highest BCUT2D eigenvalue weighted by molar-refractivity contribution is 6.09. The molecule has 1 aliphatic heterocycles. The highest BCUT2D eigenvalue weighted by Gasteiger charge is 2.39. The molecule has 4 nitrogen and oxygen atoms in total. The molecule has 5 heteroatoms. The van der Waals surface area contributed by atoms with E-state index >= 15 is 0 Å². The minimum atomic E-state index is -0.679. The van der Waals surface area contributed by atoms with Crippen molar-refractivity contribution in [2.75, 3.05) is 18.5 Å². The van der Waals surface area contributed by atoms with Crippen LogP contribution in [0.2, 0.25) is 0 Å². The minimum Gasteiger partial charge on any atom is -0.319 e. The zero-order chi connectivity index (χ0) is 14.9. The predicted octanol–water partition coefficient (Wildman–Crippen LogP) is 2.17. The number of carbonyl (C=O) groups is 2. The quantitative estimate of drug-likeness (QED) is 0.794. The number of benzene rings is 1. The molecule has 1 saturated heterocycles. The molecule has 0 N–H and O–H groups in total. The summed E-state index contributed by atoms with van der Waals surface area (Å²) in [5, 5.41) is 0. The van der Waals surface area contributed by atoms with E-state index in [-0.39, 0.29) is 17.6 Å². The minimum absolute atomic E-state index is 0.241. The number of rotatable bonds is 3. The summed E-state index contributed by atoms with van der Waals surface area (Å²) in [7, 11) is 1.61. The first-order chi connectivity index (χ1) is 9.41. The molecule has 2 amide bonds. The lowest BCUT2D eigenvalue weighted by Gasteiger charge is -2.21. The maximum Gasteiger partial charge on any atom is 0.239 e. The molecular formula is C15H17FN2O2. The van der Waals surface area contributed by atoms with Gasteiger partial charge >= 0.3 is 0 Å². The van der Waals surface area contributed by atoms with Gasteiger partial charge in [-0.3, -0.25) is 9.59 Å². The van der Waals surface area contributed by atoms with Gasteiger partial charge in [0.05, 0.1) is 0 Å². The van der Waals surface area contributed by atoms with Gasteiger partial charge in [0.1, 0.15) is 11.7 Å². The Bertz CT molecular complexity index is 553. The molecule has 1 unspecified atom stereocenters. The van der Waals surface area contributed by atoms with E-state index in [0.29, 0.717) is 24.4 Å². The second-order valence-corrected chi connectivity index (χ2v) is 4.94. The Labute approximate surface area is 117 Å². The number of halogens is 1. The standard InChI is InChI=1S/C15H17FN2O2/c1-10(2)17(3)14(19)13-8-9-18(15(13)20)12-6-4-11(16)5-7-12/h4-7,13H,1,8-9H2,2-3H3. The summed E-state index contributed by atoms with van der Waals surface area (Å²) in [4.78, 5) is 27.4. The lowest BCUT2D eigenvalue weighted by Crippen LogP contribution is -2.37. The van der Waals surface area contributed by atoms with Crippen molar-refractivity contribution in [3.8, 4) is 0 Å². The average molecular weight is 276 g/mol. The highest BCUT2D eigenvalue weighted by Crippen LogP contribution is 2.27. The van der Waals surface area contributed by atoms with E-state index in [1.165, 1.54) is 21.9 Å². The summed E-state index contributed by atoms with van der Waals surface area (Å²) in [5.74, 6) is -1.52. The highest BCUT2D eigenvalue weighted by atomic mass is 19.1. The van der Waals surface area contributed by atoms with Crippen LogP contribution in [0.15, 0.2) is 36.5 Å². The fraction of sp³-hybridized carbons (Fsp3) is 0.333. The lowest BCUT2D eigenvalue weighted by atomic mass is 10.1. The molecule has 20 heavy (non-hydrogen) atoms. The molecule has 1 fully saturated rings. The van der Waals surface area contributed by atoms with Gasteiger partial charge in [-0.2, -0.15) is 0 Å². The molecule has 0 bridgehead atoms. The Kier molecular flexibility index (Phi) is 3.88. The van der Waals surface area contributed by atoms with Crippen molar-refractivity contribution in [2.45, 2.75) is 13.3 Å². The smallest absolute Gasteiger partial charge is 0.239 e. The summed E-state index contributed by atoms with van der Waals surface area (Å²) in [6, 6.07) is 5.70. The Balaban J connectivity index is 2.15. The third-order valence-electron chi connectivity index (χ3n) is 3.55. The number of nitrogens with zero attached hydrogens (tertiary/aromatic N) is 2. The van der Waals surface area contributed by atoms with E-state index in [0.717, 1.165) is 0 Å². The van der Waals surface area contributed by atoms with Crippen molar-refractivity contribution in [1.82, 2.24) is 4.90 Å². The number of carbonyl (C=O) groups excluding carboxylic acids is 2. The van der Waals surface area contributed by atoms with Gasteiger partial charge in [0.2, 0.25) is 11.8 Å². The zero-order valence-electron chi connectivity index (χ0n) is 11.6. The van der Waals surface area contributed by atoms with Crippen LogP contribution >= 0.6 is 0 Å². The van der Waals surface area contributed by atoms with Crippen molar-refractivity contribution in [1.29, 1.82) is 0 Å². The lowest BCUT2D eigenvalue weighted by molar-refractivity contribution is -0.137. The Morgan fingerprint density at radius 2 is 2.00 bits per heavy atom. The van der Waals surface area contributed by atoms with Crippen molar-refractivity contribution < 1.29 is 14.0 Å². The second kappa shape index (κ2) is 5.45. The van der Waals surface area contributed by atoms with E-state index in [4.69, 9.17) is 0 Å². The van der Waals surface area contributed by atoms with Crippen LogP contribution in [0.4, 0.5) is 10.1 Å². The Hall–Kier alpha value is -2.17. The van der Waals surface area contributed by atoms with Gasteiger partial charge in [-0.1, -0.05) is 6.58 Å². The van der Waals surface area contributed by atoms with Gasteiger partial charge in [-0.05, 0) is 37.6 Å².